The molecule has 0 heterocycles. The van der Waals surface area contributed by atoms with Gasteiger partial charge in [0.25, 0.3) is 0 Å². The molecule has 1 rings (SSSR count). The number of rotatable bonds is 6. The fraction of sp³-hybridized carbons (Fsp3) is 0.571. The molecular weight excluding hydrogens is 233 g/mol. The van der Waals surface area contributed by atoms with Gasteiger partial charge in [-0.2, -0.15) is 0 Å². The van der Waals surface area contributed by atoms with Gasteiger partial charge in [0.05, 0.1) is 18.4 Å². The molecule has 18 heavy (non-hydrogen) atoms. The van der Waals surface area contributed by atoms with Crippen LogP contribution in [0.1, 0.15) is 27.2 Å². The number of hydrogen-bond acceptors (Lipinski definition) is 3. The number of anilines is 1. The van der Waals surface area contributed by atoms with Crippen molar-refractivity contribution < 1.29 is 13.9 Å². The first kappa shape index (κ1) is 14.8. The smallest absolute Gasteiger partial charge is 0.146 e. The van der Waals surface area contributed by atoms with E-state index in [0.29, 0.717) is 11.4 Å². The van der Waals surface area contributed by atoms with Gasteiger partial charge in [-0.1, -0.05) is 0 Å². The summed E-state index contributed by atoms with van der Waals surface area (Å²) in [6, 6.07) is 4.76. The first-order valence-corrected chi connectivity index (χ1v) is 6.03. The van der Waals surface area contributed by atoms with E-state index in [0.717, 1.165) is 6.42 Å². The van der Waals surface area contributed by atoms with Gasteiger partial charge in [-0.15, -0.1) is 0 Å². The van der Waals surface area contributed by atoms with Crippen LogP contribution in [-0.2, 0) is 4.74 Å². The van der Waals surface area contributed by atoms with Gasteiger partial charge in [-0.3, -0.25) is 0 Å². The molecular formula is C14H22FNO2. The minimum absolute atomic E-state index is 0.0987. The second-order valence-corrected chi connectivity index (χ2v) is 5.06. The quantitative estimate of drug-likeness (QED) is 0.844. The molecule has 0 saturated carbocycles. The fourth-order valence-electron chi connectivity index (χ4n) is 1.88. The Morgan fingerprint density at radius 1 is 1.33 bits per heavy atom. The minimum atomic E-state index is -0.280. The van der Waals surface area contributed by atoms with Gasteiger partial charge in [0.15, 0.2) is 0 Å². The largest absolute Gasteiger partial charge is 0.497 e. The average Bonchev–Trinajstić information content (AvgIpc) is 2.31. The molecule has 0 spiro atoms. The van der Waals surface area contributed by atoms with Crippen molar-refractivity contribution in [2.45, 2.75) is 38.8 Å². The van der Waals surface area contributed by atoms with E-state index in [9.17, 15) is 4.39 Å². The number of methoxy groups -OCH3 is 2. The van der Waals surface area contributed by atoms with Crippen LogP contribution in [0.25, 0.3) is 0 Å². The first-order chi connectivity index (χ1) is 8.38. The summed E-state index contributed by atoms with van der Waals surface area (Å²) < 4.78 is 24.1. The SMILES string of the molecule is COc1ccc(F)c(NC(C)CC(C)(C)OC)c1. The summed E-state index contributed by atoms with van der Waals surface area (Å²) >= 11 is 0. The maximum atomic E-state index is 13.6. The molecule has 0 bridgehead atoms. The lowest BCUT2D eigenvalue weighted by molar-refractivity contribution is 0.0128. The summed E-state index contributed by atoms with van der Waals surface area (Å²) in [4.78, 5) is 0. The number of halogens is 1. The second kappa shape index (κ2) is 6.05. The molecule has 0 radical (unpaired) electrons. The first-order valence-electron chi connectivity index (χ1n) is 6.03. The Morgan fingerprint density at radius 2 is 2.00 bits per heavy atom. The van der Waals surface area contributed by atoms with Crippen LogP contribution in [-0.4, -0.2) is 25.9 Å². The molecule has 1 aromatic carbocycles. The Balaban J connectivity index is 2.72. The predicted molar refractivity (Wildman–Crippen MR) is 71.7 cm³/mol. The lowest BCUT2D eigenvalue weighted by Crippen LogP contribution is -2.31. The van der Waals surface area contributed by atoms with Gasteiger partial charge in [0.1, 0.15) is 11.6 Å². The van der Waals surface area contributed by atoms with Crippen molar-refractivity contribution in [3.63, 3.8) is 0 Å². The van der Waals surface area contributed by atoms with Crippen LogP contribution >= 0.6 is 0 Å². The summed E-state index contributed by atoms with van der Waals surface area (Å²) in [6.07, 6.45) is 0.778. The lowest BCUT2D eigenvalue weighted by Gasteiger charge is -2.27. The number of hydrogen-bond donors (Lipinski definition) is 1. The predicted octanol–water partition coefficient (Wildman–Crippen LogP) is 3.45. The van der Waals surface area contributed by atoms with E-state index in [4.69, 9.17) is 9.47 Å². The van der Waals surface area contributed by atoms with Crippen LogP contribution in [0.15, 0.2) is 18.2 Å². The molecule has 0 aliphatic heterocycles. The summed E-state index contributed by atoms with van der Waals surface area (Å²) in [5.41, 5.74) is 0.218. The highest BCUT2D eigenvalue weighted by atomic mass is 19.1. The molecule has 1 aromatic rings. The fourth-order valence-corrected chi connectivity index (χ4v) is 1.88. The van der Waals surface area contributed by atoms with Gasteiger partial charge >= 0.3 is 0 Å². The standard InChI is InChI=1S/C14H22FNO2/c1-10(9-14(2,3)18-5)16-13-8-11(17-4)6-7-12(13)15/h6-8,10,16H,9H2,1-5H3. The topological polar surface area (TPSA) is 30.5 Å². The van der Waals surface area contributed by atoms with Crippen molar-refractivity contribution in [1.29, 1.82) is 0 Å². The molecule has 3 nitrogen and oxygen atoms in total. The minimum Gasteiger partial charge on any atom is -0.497 e. The van der Waals surface area contributed by atoms with Crippen molar-refractivity contribution in [3.8, 4) is 5.75 Å². The van der Waals surface area contributed by atoms with Crippen molar-refractivity contribution >= 4 is 5.69 Å². The summed E-state index contributed by atoms with van der Waals surface area (Å²) in [5.74, 6) is 0.356. The Labute approximate surface area is 108 Å². The van der Waals surface area contributed by atoms with E-state index >= 15 is 0 Å². The van der Waals surface area contributed by atoms with E-state index in [1.807, 2.05) is 20.8 Å². The highest BCUT2D eigenvalue weighted by molar-refractivity contribution is 5.50. The summed E-state index contributed by atoms with van der Waals surface area (Å²) in [5, 5.41) is 3.14. The Morgan fingerprint density at radius 3 is 2.56 bits per heavy atom. The molecule has 102 valence electrons. The number of ether oxygens (including phenoxy) is 2. The Hall–Kier alpha value is -1.29. The molecule has 0 aromatic heterocycles. The van der Waals surface area contributed by atoms with E-state index in [1.54, 1.807) is 26.4 Å². The second-order valence-electron chi connectivity index (χ2n) is 5.06. The zero-order chi connectivity index (χ0) is 13.8. The normalized spacial score (nSPS) is 13.2. The zero-order valence-electron chi connectivity index (χ0n) is 11.7. The van der Waals surface area contributed by atoms with Crippen molar-refractivity contribution in [3.05, 3.63) is 24.0 Å². The van der Waals surface area contributed by atoms with Gasteiger partial charge in [0, 0.05) is 19.2 Å². The third-order valence-corrected chi connectivity index (χ3v) is 2.93. The molecule has 0 aliphatic rings. The van der Waals surface area contributed by atoms with Gasteiger partial charge in [0.2, 0.25) is 0 Å². The number of nitrogens with one attached hydrogen (secondary N) is 1. The number of benzene rings is 1. The molecule has 1 N–H and O–H groups in total. The highest BCUT2D eigenvalue weighted by Crippen LogP contribution is 2.24. The summed E-state index contributed by atoms with van der Waals surface area (Å²) in [7, 11) is 3.24. The van der Waals surface area contributed by atoms with Gasteiger partial charge < -0.3 is 14.8 Å². The molecule has 1 unspecified atom stereocenters. The molecule has 0 amide bonds. The van der Waals surface area contributed by atoms with Crippen molar-refractivity contribution in [1.82, 2.24) is 0 Å². The van der Waals surface area contributed by atoms with Crippen molar-refractivity contribution in [2.75, 3.05) is 19.5 Å². The van der Waals surface area contributed by atoms with Gasteiger partial charge in [-0.25, -0.2) is 4.39 Å². The summed E-state index contributed by atoms with van der Waals surface area (Å²) in [6.45, 7) is 6.01. The lowest BCUT2D eigenvalue weighted by atomic mass is 9.99. The molecule has 0 saturated heterocycles. The zero-order valence-corrected chi connectivity index (χ0v) is 11.7. The third kappa shape index (κ3) is 4.18. The van der Waals surface area contributed by atoms with E-state index in [1.165, 1.54) is 6.07 Å². The Bertz CT molecular complexity index is 393. The van der Waals surface area contributed by atoms with E-state index in [2.05, 4.69) is 5.32 Å². The maximum Gasteiger partial charge on any atom is 0.146 e. The van der Waals surface area contributed by atoms with Crippen LogP contribution in [0.4, 0.5) is 10.1 Å². The molecule has 1 atom stereocenters. The van der Waals surface area contributed by atoms with Crippen LogP contribution in [0, 0.1) is 5.82 Å². The van der Waals surface area contributed by atoms with Crippen LogP contribution in [0.5, 0.6) is 5.75 Å². The molecule has 0 fully saturated rings. The van der Waals surface area contributed by atoms with Gasteiger partial charge in [-0.05, 0) is 39.3 Å². The Kier molecular flexibility index (Phi) is 4.96. The highest BCUT2D eigenvalue weighted by Gasteiger charge is 2.20. The van der Waals surface area contributed by atoms with Crippen molar-refractivity contribution in [2.24, 2.45) is 0 Å². The van der Waals surface area contributed by atoms with E-state index < -0.39 is 0 Å². The molecule has 4 heteroatoms. The van der Waals surface area contributed by atoms with Crippen LogP contribution < -0.4 is 10.1 Å². The van der Waals surface area contributed by atoms with E-state index in [-0.39, 0.29) is 17.5 Å². The average molecular weight is 255 g/mol. The third-order valence-electron chi connectivity index (χ3n) is 2.93. The molecule has 0 aliphatic carbocycles. The van der Waals surface area contributed by atoms with Crippen LogP contribution in [0.3, 0.4) is 0 Å². The monoisotopic (exact) mass is 255 g/mol. The van der Waals surface area contributed by atoms with Crippen LogP contribution in [0.2, 0.25) is 0 Å². The maximum absolute atomic E-state index is 13.6.